The van der Waals surface area contributed by atoms with Gasteiger partial charge in [-0.1, -0.05) is 19.1 Å². The minimum atomic E-state index is -0.179. The minimum absolute atomic E-state index is 0.179. The molecule has 24 heavy (non-hydrogen) atoms. The van der Waals surface area contributed by atoms with Gasteiger partial charge in [0.05, 0.1) is 25.6 Å². The number of benzene rings is 2. The summed E-state index contributed by atoms with van der Waals surface area (Å²) >= 11 is 1.79. The van der Waals surface area contributed by atoms with Crippen LogP contribution < -0.4 is 19.7 Å². The lowest BCUT2D eigenvalue weighted by Crippen LogP contribution is -2.41. The van der Waals surface area contributed by atoms with Crippen LogP contribution in [0.1, 0.15) is 6.92 Å². The molecule has 3 rings (SSSR count). The van der Waals surface area contributed by atoms with Crippen molar-refractivity contribution in [3.8, 4) is 11.5 Å². The van der Waals surface area contributed by atoms with Gasteiger partial charge in [0, 0.05) is 22.8 Å². The van der Waals surface area contributed by atoms with Gasteiger partial charge in [-0.2, -0.15) is 0 Å². The summed E-state index contributed by atoms with van der Waals surface area (Å²) < 4.78 is 10.6. The number of methoxy groups -OCH3 is 2. The summed E-state index contributed by atoms with van der Waals surface area (Å²) in [4.78, 5) is 15.7. The van der Waals surface area contributed by atoms with Gasteiger partial charge in [-0.3, -0.25) is 4.90 Å². The molecular formula is C18H20N2O3S. The third-order valence-corrected chi connectivity index (χ3v) is 4.97. The normalized spacial score (nSPS) is 16.3. The number of hydrogen-bond acceptors (Lipinski definition) is 4. The Morgan fingerprint density at radius 1 is 1.21 bits per heavy atom. The van der Waals surface area contributed by atoms with E-state index in [1.54, 1.807) is 49.1 Å². The molecule has 0 saturated carbocycles. The van der Waals surface area contributed by atoms with E-state index >= 15 is 0 Å². The highest BCUT2D eigenvalue weighted by molar-refractivity contribution is 8.00. The molecule has 1 aliphatic heterocycles. The van der Waals surface area contributed by atoms with Crippen molar-refractivity contribution in [2.24, 2.45) is 0 Å². The Hall–Kier alpha value is -2.34. The lowest BCUT2D eigenvalue weighted by molar-refractivity contribution is 0.256. The first-order valence-electron chi connectivity index (χ1n) is 7.68. The van der Waals surface area contributed by atoms with E-state index < -0.39 is 0 Å². The van der Waals surface area contributed by atoms with Crippen molar-refractivity contribution in [2.45, 2.75) is 17.1 Å². The summed E-state index contributed by atoms with van der Waals surface area (Å²) in [7, 11) is 3.17. The molecule has 6 heteroatoms. The number of fused-ring (bicyclic) bond motifs is 1. The molecule has 1 heterocycles. The summed E-state index contributed by atoms with van der Waals surface area (Å²) in [5, 5.41) is 3.27. The SMILES string of the molecule is COc1ccc(OC)c(NC(=O)N2C[C@H](C)Sc3ccccc32)c1. The number of urea groups is 1. The van der Waals surface area contributed by atoms with Crippen LogP contribution in [0.2, 0.25) is 0 Å². The molecule has 2 aromatic rings. The molecule has 0 unspecified atom stereocenters. The van der Waals surface area contributed by atoms with Crippen LogP contribution in [0.15, 0.2) is 47.4 Å². The van der Waals surface area contributed by atoms with Crippen LogP contribution in [0.4, 0.5) is 16.2 Å². The Labute approximate surface area is 145 Å². The van der Waals surface area contributed by atoms with Gasteiger partial charge in [-0.25, -0.2) is 4.79 Å². The summed E-state index contributed by atoms with van der Waals surface area (Å²) in [6.07, 6.45) is 0. The molecule has 0 spiro atoms. The molecule has 1 N–H and O–H groups in total. The highest BCUT2D eigenvalue weighted by Crippen LogP contribution is 2.38. The van der Waals surface area contributed by atoms with Crippen LogP contribution in [0.3, 0.4) is 0 Å². The molecule has 1 atom stereocenters. The second-order valence-corrected chi connectivity index (χ2v) is 6.98. The largest absolute Gasteiger partial charge is 0.497 e. The second kappa shape index (κ2) is 7.05. The van der Waals surface area contributed by atoms with E-state index in [1.807, 2.05) is 24.3 Å². The molecular weight excluding hydrogens is 324 g/mol. The maximum absolute atomic E-state index is 12.9. The van der Waals surface area contributed by atoms with Crippen LogP contribution >= 0.6 is 11.8 Å². The fourth-order valence-corrected chi connectivity index (χ4v) is 3.79. The molecule has 0 radical (unpaired) electrons. The number of para-hydroxylation sites is 1. The Morgan fingerprint density at radius 2 is 2.00 bits per heavy atom. The third-order valence-electron chi connectivity index (χ3n) is 3.82. The number of nitrogens with zero attached hydrogens (tertiary/aromatic N) is 1. The summed E-state index contributed by atoms with van der Waals surface area (Å²) in [6, 6.07) is 13.1. The van der Waals surface area contributed by atoms with Gasteiger partial charge >= 0.3 is 6.03 Å². The smallest absolute Gasteiger partial charge is 0.326 e. The summed E-state index contributed by atoms with van der Waals surface area (Å²) in [5.41, 5.74) is 1.52. The first-order chi connectivity index (χ1) is 11.6. The molecule has 2 aromatic carbocycles. The Bertz CT molecular complexity index is 751. The zero-order chi connectivity index (χ0) is 17.1. The predicted octanol–water partition coefficient (Wildman–Crippen LogP) is 4.24. The van der Waals surface area contributed by atoms with Crippen molar-refractivity contribution in [2.75, 3.05) is 31.0 Å². The first kappa shape index (κ1) is 16.5. The number of amides is 2. The topological polar surface area (TPSA) is 50.8 Å². The van der Waals surface area contributed by atoms with Crippen molar-refractivity contribution in [3.63, 3.8) is 0 Å². The zero-order valence-electron chi connectivity index (χ0n) is 13.9. The van der Waals surface area contributed by atoms with E-state index in [2.05, 4.69) is 12.2 Å². The van der Waals surface area contributed by atoms with E-state index in [9.17, 15) is 4.79 Å². The van der Waals surface area contributed by atoms with Gasteiger partial charge in [0.15, 0.2) is 0 Å². The molecule has 0 aromatic heterocycles. The van der Waals surface area contributed by atoms with Crippen molar-refractivity contribution >= 4 is 29.2 Å². The van der Waals surface area contributed by atoms with Crippen LogP contribution in [-0.2, 0) is 0 Å². The lowest BCUT2D eigenvalue weighted by Gasteiger charge is -2.32. The molecule has 126 valence electrons. The van der Waals surface area contributed by atoms with Crippen LogP contribution in [-0.4, -0.2) is 32.0 Å². The number of thioether (sulfide) groups is 1. The van der Waals surface area contributed by atoms with E-state index in [4.69, 9.17) is 9.47 Å². The second-order valence-electron chi connectivity index (χ2n) is 5.50. The highest BCUT2D eigenvalue weighted by atomic mass is 32.2. The van der Waals surface area contributed by atoms with E-state index in [-0.39, 0.29) is 6.03 Å². The van der Waals surface area contributed by atoms with Crippen molar-refractivity contribution < 1.29 is 14.3 Å². The highest BCUT2D eigenvalue weighted by Gasteiger charge is 2.27. The predicted molar refractivity (Wildman–Crippen MR) is 97.7 cm³/mol. The third kappa shape index (κ3) is 3.28. The van der Waals surface area contributed by atoms with E-state index in [0.717, 1.165) is 10.6 Å². The molecule has 0 saturated heterocycles. The number of carbonyl (C=O) groups is 1. The van der Waals surface area contributed by atoms with Crippen LogP contribution in [0, 0.1) is 0 Å². The average molecular weight is 344 g/mol. The van der Waals surface area contributed by atoms with Gasteiger partial charge in [-0.05, 0) is 24.3 Å². The molecule has 0 fully saturated rings. The standard InChI is InChI=1S/C18H20N2O3S/c1-12-11-20(15-6-4-5-7-17(15)24-12)18(21)19-14-10-13(22-2)8-9-16(14)23-3/h4-10,12H,11H2,1-3H3,(H,19,21)/t12-/m0/s1. The van der Waals surface area contributed by atoms with Gasteiger partial charge < -0.3 is 14.8 Å². The number of rotatable bonds is 3. The Balaban J connectivity index is 1.88. The Kier molecular flexibility index (Phi) is 4.85. The summed E-state index contributed by atoms with van der Waals surface area (Å²) in [5.74, 6) is 1.26. The van der Waals surface area contributed by atoms with Gasteiger partial charge in [0.25, 0.3) is 0 Å². The number of hydrogen-bond donors (Lipinski definition) is 1. The van der Waals surface area contributed by atoms with Crippen molar-refractivity contribution in [3.05, 3.63) is 42.5 Å². The maximum atomic E-state index is 12.9. The number of nitrogens with one attached hydrogen (secondary N) is 1. The van der Waals surface area contributed by atoms with Crippen LogP contribution in [0.5, 0.6) is 11.5 Å². The van der Waals surface area contributed by atoms with E-state index in [1.165, 1.54) is 0 Å². The molecule has 5 nitrogen and oxygen atoms in total. The van der Waals surface area contributed by atoms with Gasteiger partial charge in [0.1, 0.15) is 11.5 Å². The molecule has 2 amide bonds. The monoisotopic (exact) mass is 344 g/mol. The molecule has 0 bridgehead atoms. The Morgan fingerprint density at radius 3 is 2.75 bits per heavy atom. The fraction of sp³-hybridized carbons (Fsp3) is 0.278. The average Bonchev–Trinajstić information content (AvgIpc) is 2.60. The van der Waals surface area contributed by atoms with Crippen LogP contribution in [0.25, 0.3) is 0 Å². The zero-order valence-corrected chi connectivity index (χ0v) is 14.7. The number of ether oxygens (including phenoxy) is 2. The van der Waals surface area contributed by atoms with Gasteiger partial charge in [-0.15, -0.1) is 11.8 Å². The maximum Gasteiger partial charge on any atom is 0.326 e. The van der Waals surface area contributed by atoms with Crippen molar-refractivity contribution in [1.82, 2.24) is 0 Å². The van der Waals surface area contributed by atoms with Crippen molar-refractivity contribution in [1.29, 1.82) is 0 Å². The summed E-state index contributed by atoms with van der Waals surface area (Å²) in [6.45, 7) is 2.77. The van der Waals surface area contributed by atoms with E-state index in [0.29, 0.717) is 29.0 Å². The quantitative estimate of drug-likeness (QED) is 0.905. The fourth-order valence-electron chi connectivity index (χ4n) is 2.68. The number of anilines is 2. The first-order valence-corrected chi connectivity index (χ1v) is 8.56. The molecule has 1 aliphatic rings. The minimum Gasteiger partial charge on any atom is -0.497 e. The lowest BCUT2D eigenvalue weighted by atomic mass is 10.2. The molecule has 0 aliphatic carbocycles. The number of carbonyl (C=O) groups excluding carboxylic acids is 1. The van der Waals surface area contributed by atoms with Gasteiger partial charge in [0.2, 0.25) is 0 Å².